The molecule has 3 amide bonds. The van der Waals surface area contributed by atoms with Gasteiger partial charge in [0.15, 0.2) is 0 Å². The maximum atomic E-state index is 14.3. The Labute approximate surface area is 234 Å². The maximum absolute atomic E-state index is 14.3. The lowest BCUT2D eigenvalue weighted by Gasteiger charge is -2.35. The first-order valence-corrected chi connectivity index (χ1v) is 14.0. The Morgan fingerprint density at radius 1 is 1.00 bits per heavy atom. The summed E-state index contributed by atoms with van der Waals surface area (Å²) in [5.74, 6) is -0.408. The Morgan fingerprint density at radius 2 is 1.67 bits per heavy atom. The Kier molecular flexibility index (Phi) is 12.0. The third-order valence-electron chi connectivity index (χ3n) is 6.33. The van der Waals surface area contributed by atoms with Crippen LogP contribution in [0.4, 0.5) is 4.79 Å². The molecule has 0 aliphatic heterocycles. The molecule has 0 bridgehead atoms. The third kappa shape index (κ3) is 10.4. The van der Waals surface area contributed by atoms with Gasteiger partial charge in [0, 0.05) is 13.1 Å². The Balaban J connectivity index is 2.51. The zero-order valence-electron chi connectivity index (χ0n) is 25.0. The highest BCUT2D eigenvalue weighted by atomic mass is 16.6. The Hall–Kier alpha value is -3.35. The second kappa shape index (κ2) is 14.7. The number of rotatable bonds is 12. The van der Waals surface area contributed by atoms with E-state index in [0.717, 1.165) is 35.1 Å². The Bertz CT molecular complexity index is 1090. The standard InChI is InChI=1S/C32H47N3O4/c1-9-10-18-35(30(37)27(19-22(2)3)34-31(38)39-32(6,7)8)28(26-20-23(4)16-17-24(26)5)29(36)33-21-25-14-12-11-13-15-25/h11-17,20,22,27-28H,9-10,18-19,21H2,1-8H3,(H,33,36)(H,34,38). The SMILES string of the molecule is CCCCN(C(=O)C(CC(C)C)NC(=O)OC(C)(C)C)C(C(=O)NCc1ccccc1)c1cc(C)ccc1C. The molecule has 0 heterocycles. The fraction of sp³-hybridized carbons (Fsp3) is 0.531. The first-order valence-electron chi connectivity index (χ1n) is 14.0. The van der Waals surface area contributed by atoms with Gasteiger partial charge in [0.2, 0.25) is 11.8 Å². The van der Waals surface area contributed by atoms with E-state index in [1.807, 2.05) is 76.2 Å². The molecule has 0 aliphatic carbocycles. The van der Waals surface area contributed by atoms with Crippen LogP contribution in [0.2, 0.25) is 0 Å². The Morgan fingerprint density at radius 3 is 2.26 bits per heavy atom. The van der Waals surface area contributed by atoms with Crippen LogP contribution in [-0.2, 0) is 20.9 Å². The molecule has 39 heavy (non-hydrogen) atoms. The topological polar surface area (TPSA) is 87.7 Å². The summed E-state index contributed by atoms with van der Waals surface area (Å²) in [6, 6.07) is 14.0. The van der Waals surface area contributed by atoms with Crippen LogP contribution in [0.5, 0.6) is 0 Å². The first kappa shape index (κ1) is 31.9. The van der Waals surface area contributed by atoms with Gasteiger partial charge >= 0.3 is 6.09 Å². The van der Waals surface area contributed by atoms with Gasteiger partial charge in [0.05, 0.1) is 0 Å². The van der Waals surface area contributed by atoms with Gasteiger partial charge in [-0.25, -0.2) is 4.79 Å². The average Bonchev–Trinajstić information content (AvgIpc) is 2.85. The fourth-order valence-electron chi connectivity index (χ4n) is 4.42. The van der Waals surface area contributed by atoms with Gasteiger partial charge in [0.25, 0.3) is 0 Å². The number of hydrogen-bond acceptors (Lipinski definition) is 4. The number of carbonyl (C=O) groups is 3. The molecule has 0 saturated heterocycles. The number of aryl methyl sites for hydroxylation is 2. The van der Waals surface area contributed by atoms with Gasteiger partial charge in [-0.2, -0.15) is 0 Å². The van der Waals surface area contributed by atoms with E-state index in [-0.39, 0.29) is 17.7 Å². The summed E-state index contributed by atoms with van der Waals surface area (Å²) in [6.45, 7) is 16.1. The quantitative estimate of drug-likeness (QED) is 0.336. The summed E-state index contributed by atoms with van der Waals surface area (Å²) >= 11 is 0. The molecule has 0 aromatic heterocycles. The molecule has 2 aromatic rings. The van der Waals surface area contributed by atoms with Gasteiger partial charge in [-0.1, -0.05) is 81.3 Å². The number of nitrogens with zero attached hydrogens (tertiary/aromatic N) is 1. The van der Waals surface area contributed by atoms with Crippen LogP contribution in [-0.4, -0.2) is 41.0 Å². The highest BCUT2D eigenvalue weighted by Gasteiger charge is 2.37. The number of nitrogens with one attached hydrogen (secondary N) is 2. The van der Waals surface area contributed by atoms with Crippen LogP contribution in [0.1, 0.15) is 89.1 Å². The zero-order chi connectivity index (χ0) is 29.2. The van der Waals surface area contributed by atoms with Crippen molar-refractivity contribution < 1.29 is 19.1 Å². The lowest BCUT2D eigenvalue weighted by atomic mass is 9.95. The monoisotopic (exact) mass is 537 g/mol. The minimum Gasteiger partial charge on any atom is -0.444 e. The predicted molar refractivity (Wildman–Crippen MR) is 156 cm³/mol. The van der Waals surface area contributed by atoms with Crippen molar-refractivity contribution in [1.82, 2.24) is 15.5 Å². The summed E-state index contributed by atoms with van der Waals surface area (Å²) in [6.07, 6.45) is 1.35. The molecule has 214 valence electrons. The molecule has 0 saturated carbocycles. The van der Waals surface area contributed by atoms with E-state index in [1.54, 1.807) is 25.7 Å². The van der Waals surface area contributed by atoms with E-state index in [2.05, 4.69) is 17.6 Å². The molecule has 2 aromatic carbocycles. The molecule has 0 aliphatic rings. The van der Waals surface area contributed by atoms with E-state index < -0.39 is 23.8 Å². The van der Waals surface area contributed by atoms with E-state index in [4.69, 9.17) is 4.74 Å². The molecule has 0 spiro atoms. The van der Waals surface area contributed by atoms with Crippen molar-refractivity contribution in [2.24, 2.45) is 5.92 Å². The summed E-state index contributed by atoms with van der Waals surface area (Å²) in [5.41, 5.74) is 2.99. The molecule has 0 fully saturated rings. The number of unbranched alkanes of at least 4 members (excludes halogenated alkanes) is 1. The number of amides is 3. The van der Waals surface area contributed by atoms with E-state index in [0.29, 0.717) is 19.5 Å². The minimum absolute atomic E-state index is 0.132. The van der Waals surface area contributed by atoms with Crippen molar-refractivity contribution in [3.05, 3.63) is 70.8 Å². The maximum Gasteiger partial charge on any atom is 0.408 e. The van der Waals surface area contributed by atoms with E-state index in [9.17, 15) is 14.4 Å². The number of hydrogen-bond donors (Lipinski definition) is 2. The zero-order valence-corrected chi connectivity index (χ0v) is 25.0. The number of ether oxygens (including phenoxy) is 1. The van der Waals surface area contributed by atoms with E-state index in [1.165, 1.54) is 0 Å². The van der Waals surface area contributed by atoms with Gasteiger partial charge in [-0.05, 0) is 70.1 Å². The molecule has 0 radical (unpaired) electrons. The smallest absolute Gasteiger partial charge is 0.408 e. The van der Waals surface area contributed by atoms with Crippen molar-refractivity contribution in [2.75, 3.05) is 6.54 Å². The lowest BCUT2D eigenvalue weighted by Crippen LogP contribution is -2.53. The van der Waals surface area contributed by atoms with Crippen LogP contribution in [0.25, 0.3) is 0 Å². The van der Waals surface area contributed by atoms with Crippen molar-refractivity contribution in [3.8, 4) is 0 Å². The normalized spacial score (nSPS) is 12.9. The highest BCUT2D eigenvalue weighted by molar-refractivity contribution is 5.92. The van der Waals surface area contributed by atoms with Crippen LogP contribution >= 0.6 is 0 Å². The van der Waals surface area contributed by atoms with Crippen molar-refractivity contribution >= 4 is 17.9 Å². The first-order chi connectivity index (χ1) is 18.3. The summed E-state index contributed by atoms with van der Waals surface area (Å²) in [5, 5.41) is 5.87. The second-order valence-corrected chi connectivity index (χ2v) is 11.7. The van der Waals surface area contributed by atoms with Crippen LogP contribution in [0.3, 0.4) is 0 Å². The van der Waals surface area contributed by atoms with Crippen LogP contribution < -0.4 is 10.6 Å². The fourth-order valence-corrected chi connectivity index (χ4v) is 4.42. The van der Waals surface area contributed by atoms with Gasteiger partial charge in [-0.15, -0.1) is 0 Å². The molecular weight excluding hydrogens is 490 g/mol. The number of alkyl carbamates (subject to hydrolysis) is 1. The summed E-state index contributed by atoms with van der Waals surface area (Å²) in [7, 11) is 0. The molecular formula is C32H47N3O4. The van der Waals surface area contributed by atoms with Gasteiger partial charge in [-0.3, -0.25) is 9.59 Å². The average molecular weight is 538 g/mol. The summed E-state index contributed by atoms with van der Waals surface area (Å²) < 4.78 is 5.48. The molecule has 2 atom stereocenters. The number of benzene rings is 2. The largest absolute Gasteiger partial charge is 0.444 e. The summed E-state index contributed by atoms with van der Waals surface area (Å²) in [4.78, 5) is 42.6. The molecule has 7 nitrogen and oxygen atoms in total. The second-order valence-electron chi connectivity index (χ2n) is 11.7. The van der Waals surface area contributed by atoms with Crippen molar-refractivity contribution in [1.29, 1.82) is 0 Å². The molecule has 2 N–H and O–H groups in total. The van der Waals surface area contributed by atoms with Crippen LogP contribution in [0, 0.1) is 19.8 Å². The lowest BCUT2D eigenvalue weighted by molar-refractivity contribution is -0.143. The molecule has 2 rings (SSSR count). The van der Waals surface area contributed by atoms with Crippen molar-refractivity contribution in [3.63, 3.8) is 0 Å². The van der Waals surface area contributed by atoms with E-state index >= 15 is 0 Å². The van der Waals surface area contributed by atoms with Gasteiger partial charge < -0.3 is 20.3 Å². The highest BCUT2D eigenvalue weighted by Crippen LogP contribution is 2.28. The minimum atomic E-state index is -0.845. The predicted octanol–water partition coefficient (Wildman–Crippen LogP) is 6.23. The third-order valence-corrected chi connectivity index (χ3v) is 6.33. The number of carbonyl (C=O) groups excluding carboxylic acids is 3. The van der Waals surface area contributed by atoms with Crippen LogP contribution in [0.15, 0.2) is 48.5 Å². The molecule has 2 unspecified atom stereocenters. The van der Waals surface area contributed by atoms with Gasteiger partial charge in [0.1, 0.15) is 17.7 Å². The molecule has 7 heteroatoms. The van der Waals surface area contributed by atoms with Crippen molar-refractivity contribution in [2.45, 2.75) is 98.9 Å².